The molecule has 2 heterocycles. The van der Waals surface area contributed by atoms with Crippen molar-refractivity contribution in [1.82, 2.24) is 15.6 Å². The van der Waals surface area contributed by atoms with Gasteiger partial charge in [0.15, 0.2) is 5.96 Å². The van der Waals surface area contributed by atoms with Gasteiger partial charge in [-0.1, -0.05) is 30.3 Å². The lowest BCUT2D eigenvalue weighted by Gasteiger charge is -2.17. The molecule has 5 heteroatoms. The highest BCUT2D eigenvalue weighted by Gasteiger charge is 2.13. The van der Waals surface area contributed by atoms with E-state index in [1.54, 1.807) is 0 Å². The molecule has 0 bridgehead atoms. The van der Waals surface area contributed by atoms with Gasteiger partial charge in [0.2, 0.25) is 0 Å². The van der Waals surface area contributed by atoms with Crippen LogP contribution in [0, 0.1) is 0 Å². The maximum absolute atomic E-state index is 4.51. The number of nitrogens with one attached hydrogen (secondary N) is 2. The van der Waals surface area contributed by atoms with Crippen molar-refractivity contribution in [2.24, 2.45) is 4.99 Å². The van der Waals surface area contributed by atoms with Crippen LogP contribution in [0.25, 0.3) is 0 Å². The molecule has 0 aliphatic carbocycles. The van der Waals surface area contributed by atoms with E-state index in [0.717, 1.165) is 50.8 Å². The van der Waals surface area contributed by atoms with Crippen molar-refractivity contribution in [1.29, 1.82) is 0 Å². The summed E-state index contributed by atoms with van der Waals surface area (Å²) in [4.78, 5) is 11.2. The molecule has 5 nitrogen and oxygen atoms in total. The van der Waals surface area contributed by atoms with Crippen molar-refractivity contribution >= 4 is 11.8 Å². The summed E-state index contributed by atoms with van der Waals surface area (Å²) in [6, 6.07) is 14.8. The van der Waals surface area contributed by atoms with Crippen LogP contribution in [-0.2, 0) is 13.0 Å². The fourth-order valence-corrected chi connectivity index (χ4v) is 3.24. The lowest BCUT2D eigenvalue weighted by molar-refractivity contribution is 0.741. The van der Waals surface area contributed by atoms with Gasteiger partial charge < -0.3 is 15.5 Å². The Morgan fingerprint density at radius 1 is 1.08 bits per heavy atom. The fraction of sp³-hybridized carbons (Fsp3) is 0.429. The van der Waals surface area contributed by atoms with Gasteiger partial charge in [0.25, 0.3) is 0 Å². The first-order chi connectivity index (χ1) is 12.8. The Balaban J connectivity index is 1.41. The van der Waals surface area contributed by atoms with Crippen LogP contribution >= 0.6 is 0 Å². The molecule has 3 rings (SSSR count). The molecule has 0 atom stereocenters. The molecule has 1 aliphatic rings. The molecule has 0 amide bonds. The second-order valence-corrected chi connectivity index (χ2v) is 6.66. The Morgan fingerprint density at radius 2 is 1.88 bits per heavy atom. The van der Waals surface area contributed by atoms with Crippen LogP contribution in [-0.4, -0.2) is 37.6 Å². The number of anilines is 1. The third-order valence-electron chi connectivity index (χ3n) is 4.70. The third kappa shape index (κ3) is 5.48. The number of aromatic nitrogens is 1. The summed E-state index contributed by atoms with van der Waals surface area (Å²) in [5.41, 5.74) is 2.61. The highest BCUT2D eigenvalue weighted by atomic mass is 15.2. The standard InChI is InChI=1S/C21H29N5/c1-22-21(24-12-7-10-18-8-3-2-4-9-18)25-17-19-11-13-23-20(16-19)26-14-5-6-15-26/h2-4,8-9,11,13,16H,5-7,10,12,14-15,17H2,1H3,(H2,22,24,25). The SMILES string of the molecule is CN=C(NCCCc1ccccc1)NCc1ccnc(N2CCCC2)c1. The Morgan fingerprint density at radius 3 is 2.65 bits per heavy atom. The van der Waals surface area contributed by atoms with Crippen molar-refractivity contribution in [3.8, 4) is 0 Å². The Hall–Kier alpha value is -2.56. The fourth-order valence-electron chi connectivity index (χ4n) is 3.24. The molecule has 138 valence electrons. The van der Waals surface area contributed by atoms with E-state index in [1.807, 2.05) is 13.2 Å². The zero-order valence-corrected chi connectivity index (χ0v) is 15.6. The second-order valence-electron chi connectivity index (χ2n) is 6.66. The van der Waals surface area contributed by atoms with Crippen LogP contribution in [0.1, 0.15) is 30.4 Å². The molecule has 1 saturated heterocycles. The van der Waals surface area contributed by atoms with Gasteiger partial charge >= 0.3 is 0 Å². The second kappa shape index (κ2) is 9.80. The zero-order chi connectivity index (χ0) is 18.0. The zero-order valence-electron chi connectivity index (χ0n) is 15.6. The van der Waals surface area contributed by atoms with Gasteiger partial charge in [0, 0.05) is 39.4 Å². The van der Waals surface area contributed by atoms with Crippen molar-refractivity contribution in [2.45, 2.75) is 32.2 Å². The highest BCUT2D eigenvalue weighted by molar-refractivity contribution is 5.79. The van der Waals surface area contributed by atoms with E-state index in [-0.39, 0.29) is 0 Å². The number of guanidine groups is 1. The molecule has 1 aliphatic heterocycles. The third-order valence-corrected chi connectivity index (χ3v) is 4.70. The first-order valence-corrected chi connectivity index (χ1v) is 9.53. The monoisotopic (exact) mass is 351 g/mol. The molecule has 26 heavy (non-hydrogen) atoms. The van der Waals surface area contributed by atoms with Crippen molar-refractivity contribution in [2.75, 3.05) is 31.6 Å². The van der Waals surface area contributed by atoms with Gasteiger partial charge in [0.1, 0.15) is 5.82 Å². The molecule has 1 aromatic carbocycles. The summed E-state index contributed by atoms with van der Waals surface area (Å²) in [6.07, 6.45) is 6.60. The average molecular weight is 351 g/mol. The number of benzene rings is 1. The summed E-state index contributed by atoms with van der Waals surface area (Å²) in [5.74, 6) is 1.94. The predicted molar refractivity (Wildman–Crippen MR) is 109 cm³/mol. The number of hydrogen-bond donors (Lipinski definition) is 2. The van der Waals surface area contributed by atoms with E-state index in [1.165, 1.54) is 24.0 Å². The quantitative estimate of drug-likeness (QED) is 0.457. The molecule has 2 aromatic rings. The van der Waals surface area contributed by atoms with Gasteiger partial charge in [-0.2, -0.15) is 0 Å². The first kappa shape index (κ1) is 18.2. The normalized spacial score (nSPS) is 14.5. The maximum Gasteiger partial charge on any atom is 0.191 e. The number of hydrogen-bond acceptors (Lipinski definition) is 3. The minimum absolute atomic E-state index is 0.752. The molecule has 1 fully saturated rings. The first-order valence-electron chi connectivity index (χ1n) is 9.53. The summed E-state index contributed by atoms with van der Waals surface area (Å²) in [6.45, 7) is 3.90. The van der Waals surface area contributed by atoms with Crippen LogP contribution in [0.15, 0.2) is 53.7 Å². The van der Waals surface area contributed by atoms with Crippen LogP contribution in [0.2, 0.25) is 0 Å². The summed E-state index contributed by atoms with van der Waals surface area (Å²) < 4.78 is 0. The minimum atomic E-state index is 0.752. The molecular weight excluding hydrogens is 322 g/mol. The van der Waals surface area contributed by atoms with Gasteiger partial charge in [0.05, 0.1) is 0 Å². The smallest absolute Gasteiger partial charge is 0.191 e. The molecule has 0 spiro atoms. The lowest BCUT2D eigenvalue weighted by Crippen LogP contribution is -2.37. The topological polar surface area (TPSA) is 52.6 Å². The molecule has 2 N–H and O–H groups in total. The van der Waals surface area contributed by atoms with Crippen LogP contribution in [0.4, 0.5) is 5.82 Å². The number of aryl methyl sites for hydroxylation is 1. The van der Waals surface area contributed by atoms with Crippen molar-refractivity contribution < 1.29 is 0 Å². The predicted octanol–water partition coefficient (Wildman–Crippen LogP) is 2.98. The summed E-state index contributed by atoms with van der Waals surface area (Å²) >= 11 is 0. The van der Waals surface area contributed by atoms with E-state index < -0.39 is 0 Å². The summed E-state index contributed by atoms with van der Waals surface area (Å²) in [5, 5.41) is 6.79. The molecular formula is C21H29N5. The van der Waals surface area contributed by atoms with Crippen molar-refractivity contribution in [3.63, 3.8) is 0 Å². The highest BCUT2D eigenvalue weighted by Crippen LogP contribution is 2.18. The number of pyridine rings is 1. The Bertz CT molecular complexity index is 693. The van der Waals surface area contributed by atoms with E-state index >= 15 is 0 Å². The van der Waals surface area contributed by atoms with E-state index in [4.69, 9.17) is 0 Å². The molecule has 0 unspecified atom stereocenters. The van der Waals surface area contributed by atoms with Crippen LogP contribution < -0.4 is 15.5 Å². The van der Waals surface area contributed by atoms with Gasteiger partial charge in [-0.3, -0.25) is 4.99 Å². The van der Waals surface area contributed by atoms with E-state index in [0.29, 0.717) is 0 Å². The Labute approximate surface area is 156 Å². The Kier molecular flexibility index (Phi) is 6.88. The van der Waals surface area contributed by atoms with Crippen molar-refractivity contribution in [3.05, 3.63) is 59.8 Å². The van der Waals surface area contributed by atoms with Gasteiger partial charge in [-0.05, 0) is 48.9 Å². The average Bonchev–Trinajstić information content (AvgIpc) is 3.23. The lowest BCUT2D eigenvalue weighted by atomic mass is 10.1. The van der Waals surface area contributed by atoms with Gasteiger partial charge in [-0.15, -0.1) is 0 Å². The molecule has 0 saturated carbocycles. The molecule has 0 radical (unpaired) electrons. The van der Waals surface area contributed by atoms with E-state index in [9.17, 15) is 0 Å². The number of nitrogens with zero attached hydrogens (tertiary/aromatic N) is 3. The largest absolute Gasteiger partial charge is 0.357 e. The van der Waals surface area contributed by atoms with Gasteiger partial charge in [-0.25, -0.2) is 4.98 Å². The molecule has 1 aromatic heterocycles. The minimum Gasteiger partial charge on any atom is -0.357 e. The van der Waals surface area contributed by atoms with Crippen LogP contribution in [0.5, 0.6) is 0 Å². The van der Waals surface area contributed by atoms with E-state index in [2.05, 4.69) is 68.0 Å². The number of rotatable bonds is 7. The maximum atomic E-state index is 4.51. The summed E-state index contributed by atoms with van der Waals surface area (Å²) in [7, 11) is 1.81. The number of aliphatic imine (C=N–C) groups is 1. The van der Waals surface area contributed by atoms with Crippen LogP contribution in [0.3, 0.4) is 0 Å².